The molecular weight excluding hydrogens is 246 g/mol. The topological polar surface area (TPSA) is 42.2 Å². The maximum Gasteiger partial charge on any atom is 0.0459 e. The molecule has 1 aliphatic rings. The molecule has 0 saturated heterocycles. The number of nitrogens with zero attached hydrogens (tertiary/aromatic N) is 2. The molecule has 0 amide bonds. The molecule has 104 valence electrons. The van der Waals surface area contributed by atoms with Gasteiger partial charge in [-0.1, -0.05) is 31.2 Å². The van der Waals surface area contributed by atoms with Crippen molar-refractivity contribution in [2.75, 3.05) is 6.54 Å². The minimum Gasteiger partial charge on any atom is -0.323 e. The molecule has 3 nitrogen and oxygen atoms in total. The van der Waals surface area contributed by atoms with Crippen LogP contribution in [0.5, 0.6) is 0 Å². The first-order chi connectivity index (χ1) is 9.79. The second-order valence-electron chi connectivity index (χ2n) is 5.41. The smallest absolute Gasteiger partial charge is 0.0459 e. The van der Waals surface area contributed by atoms with E-state index >= 15 is 0 Å². The third kappa shape index (κ3) is 2.47. The normalized spacial score (nSPS) is 21.1. The van der Waals surface area contributed by atoms with Crippen LogP contribution in [-0.2, 0) is 13.0 Å². The zero-order valence-electron chi connectivity index (χ0n) is 11.9. The van der Waals surface area contributed by atoms with Crippen molar-refractivity contribution in [1.82, 2.24) is 9.88 Å². The van der Waals surface area contributed by atoms with Crippen molar-refractivity contribution in [3.8, 4) is 0 Å². The van der Waals surface area contributed by atoms with Crippen LogP contribution in [0.4, 0.5) is 0 Å². The van der Waals surface area contributed by atoms with Gasteiger partial charge in [-0.2, -0.15) is 0 Å². The zero-order valence-corrected chi connectivity index (χ0v) is 11.9. The predicted octanol–water partition coefficient (Wildman–Crippen LogP) is 2.53. The van der Waals surface area contributed by atoms with E-state index in [4.69, 9.17) is 5.73 Å². The maximum atomic E-state index is 6.47. The summed E-state index contributed by atoms with van der Waals surface area (Å²) in [5.74, 6) is 0. The standard InChI is InChI=1S/C17H21N3/c1-2-20(12-13-7-9-19-10-8-13)16-11-14-5-3-4-6-15(14)17(16)18/h3-10,16-17H,2,11-12,18H2,1H3. The van der Waals surface area contributed by atoms with E-state index in [0.29, 0.717) is 6.04 Å². The summed E-state index contributed by atoms with van der Waals surface area (Å²) in [6.07, 6.45) is 4.76. The van der Waals surface area contributed by atoms with Gasteiger partial charge < -0.3 is 5.73 Å². The molecule has 1 aromatic heterocycles. The Morgan fingerprint density at radius 3 is 2.65 bits per heavy atom. The predicted molar refractivity (Wildman–Crippen MR) is 81.2 cm³/mol. The molecule has 0 fully saturated rings. The van der Waals surface area contributed by atoms with Gasteiger partial charge in [-0.15, -0.1) is 0 Å². The number of likely N-dealkylation sites (N-methyl/N-ethyl adjacent to an activating group) is 1. The van der Waals surface area contributed by atoms with E-state index in [1.807, 2.05) is 12.4 Å². The van der Waals surface area contributed by atoms with Gasteiger partial charge in [0.1, 0.15) is 0 Å². The minimum absolute atomic E-state index is 0.119. The molecule has 20 heavy (non-hydrogen) atoms. The summed E-state index contributed by atoms with van der Waals surface area (Å²) in [7, 11) is 0. The molecular formula is C17H21N3. The lowest BCUT2D eigenvalue weighted by Crippen LogP contribution is -2.40. The monoisotopic (exact) mass is 267 g/mol. The molecule has 0 spiro atoms. The fourth-order valence-corrected chi connectivity index (χ4v) is 3.15. The number of nitrogens with two attached hydrogens (primary N) is 1. The summed E-state index contributed by atoms with van der Waals surface area (Å²) < 4.78 is 0. The van der Waals surface area contributed by atoms with Crippen LogP contribution in [0.2, 0.25) is 0 Å². The highest BCUT2D eigenvalue weighted by molar-refractivity contribution is 5.37. The summed E-state index contributed by atoms with van der Waals surface area (Å²) in [6, 6.07) is 13.2. The fourth-order valence-electron chi connectivity index (χ4n) is 3.15. The maximum absolute atomic E-state index is 6.47. The molecule has 0 aliphatic heterocycles. The first-order valence-electron chi connectivity index (χ1n) is 7.26. The highest BCUT2D eigenvalue weighted by Crippen LogP contribution is 2.33. The molecule has 1 aromatic carbocycles. The number of rotatable bonds is 4. The van der Waals surface area contributed by atoms with E-state index in [1.165, 1.54) is 16.7 Å². The van der Waals surface area contributed by atoms with Gasteiger partial charge in [0.25, 0.3) is 0 Å². The van der Waals surface area contributed by atoms with Crippen molar-refractivity contribution >= 4 is 0 Å². The molecule has 0 radical (unpaired) electrons. The Morgan fingerprint density at radius 2 is 1.95 bits per heavy atom. The minimum atomic E-state index is 0.119. The highest BCUT2D eigenvalue weighted by atomic mass is 15.2. The lowest BCUT2D eigenvalue weighted by atomic mass is 10.1. The lowest BCUT2D eigenvalue weighted by Gasteiger charge is -2.30. The quantitative estimate of drug-likeness (QED) is 0.925. The number of benzene rings is 1. The van der Waals surface area contributed by atoms with Crippen LogP contribution in [0.25, 0.3) is 0 Å². The fraction of sp³-hybridized carbons (Fsp3) is 0.353. The van der Waals surface area contributed by atoms with Gasteiger partial charge in [0, 0.05) is 31.0 Å². The second-order valence-corrected chi connectivity index (χ2v) is 5.41. The van der Waals surface area contributed by atoms with Crippen molar-refractivity contribution in [3.05, 3.63) is 65.5 Å². The molecule has 2 unspecified atom stereocenters. The summed E-state index contributed by atoms with van der Waals surface area (Å²) in [5, 5.41) is 0. The van der Waals surface area contributed by atoms with Crippen molar-refractivity contribution in [1.29, 1.82) is 0 Å². The van der Waals surface area contributed by atoms with Crippen LogP contribution in [0.3, 0.4) is 0 Å². The molecule has 2 aromatic rings. The van der Waals surface area contributed by atoms with E-state index in [2.05, 4.69) is 53.2 Å². The number of hydrogen-bond donors (Lipinski definition) is 1. The first kappa shape index (κ1) is 13.3. The molecule has 2 atom stereocenters. The first-order valence-corrected chi connectivity index (χ1v) is 7.26. The van der Waals surface area contributed by atoms with E-state index < -0.39 is 0 Å². The van der Waals surface area contributed by atoms with Gasteiger partial charge in [0.15, 0.2) is 0 Å². The van der Waals surface area contributed by atoms with Crippen molar-refractivity contribution in [2.24, 2.45) is 5.73 Å². The van der Waals surface area contributed by atoms with Gasteiger partial charge in [-0.3, -0.25) is 9.88 Å². The van der Waals surface area contributed by atoms with Crippen molar-refractivity contribution in [3.63, 3.8) is 0 Å². The van der Waals surface area contributed by atoms with Crippen molar-refractivity contribution in [2.45, 2.75) is 32.0 Å². The van der Waals surface area contributed by atoms with Crippen LogP contribution >= 0.6 is 0 Å². The molecule has 0 bridgehead atoms. The van der Waals surface area contributed by atoms with Crippen LogP contribution in [-0.4, -0.2) is 22.5 Å². The molecule has 0 saturated carbocycles. The van der Waals surface area contributed by atoms with Gasteiger partial charge in [0.2, 0.25) is 0 Å². The number of fused-ring (bicyclic) bond motifs is 1. The van der Waals surface area contributed by atoms with Gasteiger partial charge in [-0.25, -0.2) is 0 Å². The van der Waals surface area contributed by atoms with Gasteiger partial charge in [-0.05, 0) is 41.8 Å². The Balaban J connectivity index is 1.78. The zero-order chi connectivity index (χ0) is 13.9. The van der Waals surface area contributed by atoms with Crippen LogP contribution in [0, 0.1) is 0 Å². The summed E-state index contributed by atoms with van der Waals surface area (Å²) in [4.78, 5) is 6.55. The number of hydrogen-bond acceptors (Lipinski definition) is 3. The van der Waals surface area contributed by atoms with Crippen molar-refractivity contribution < 1.29 is 0 Å². The molecule has 3 rings (SSSR count). The Morgan fingerprint density at radius 1 is 1.20 bits per heavy atom. The Labute approximate surface area is 120 Å². The summed E-state index contributed by atoms with van der Waals surface area (Å²) in [5.41, 5.74) is 10.5. The van der Waals surface area contributed by atoms with Crippen LogP contribution in [0.15, 0.2) is 48.8 Å². The van der Waals surface area contributed by atoms with Gasteiger partial charge >= 0.3 is 0 Å². The highest BCUT2D eigenvalue weighted by Gasteiger charge is 2.32. The van der Waals surface area contributed by atoms with E-state index in [0.717, 1.165) is 19.5 Å². The summed E-state index contributed by atoms with van der Waals surface area (Å²) >= 11 is 0. The van der Waals surface area contributed by atoms with E-state index in [-0.39, 0.29) is 6.04 Å². The second kappa shape index (κ2) is 5.73. The Hall–Kier alpha value is -1.71. The number of pyridine rings is 1. The average molecular weight is 267 g/mol. The number of aromatic nitrogens is 1. The van der Waals surface area contributed by atoms with Crippen LogP contribution < -0.4 is 5.73 Å². The van der Waals surface area contributed by atoms with E-state index in [1.54, 1.807) is 0 Å². The van der Waals surface area contributed by atoms with Crippen LogP contribution in [0.1, 0.15) is 29.7 Å². The SMILES string of the molecule is CCN(Cc1ccncc1)C1Cc2ccccc2C1N. The molecule has 1 aliphatic carbocycles. The average Bonchev–Trinajstić information content (AvgIpc) is 2.83. The third-order valence-corrected chi connectivity index (χ3v) is 4.27. The largest absolute Gasteiger partial charge is 0.323 e. The van der Waals surface area contributed by atoms with E-state index in [9.17, 15) is 0 Å². The molecule has 2 N–H and O–H groups in total. The molecule has 3 heteroatoms. The molecule has 1 heterocycles. The van der Waals surface area contributed by atoms with Gasteiger partial charge in [0.05, 0.1) is 0 Å². The lowest BCUT2D eigenvalue weighted by molar-refractivity contribution is 0.180. The summed E-state index contributed by atoms with van der Waals surface area (Å²) in [6.45, 7) is 4.15. The Bertz CT molecular complexity index is 567. The Kier molecular flexibility index (Phi) is 3.81. The third-order valence-electron chi connectivity index (χ3n) is 4.27.